The summed E-state index contributed by atoms with van der Waals surface area (Å²) in [5.41, 5.74) is 7.35. The first-order valence-electron chi connectivity index (χ1n) is 5.28. The van der Waals surface area contributed by atoms with Gasteiger partial charge < -0.3 is 10.6 Å². The van der Waals surface area contributed by atoms with E-state index in [0.29, 0.717) is 18.1 Å². The molecule has 14 heavy (non-hydrogen) atoms. The summed E-state index contributed by atoms with van der Waals surface area (Å²) in [6.45, 7) is 0. The van der Waals surface area contributed by atoms with E-state index in [1.807, 2.05) is 6.20 Å². The first-order chi connectivity index (χ1) is 6.84. The van der Waals surface area contributed by atoms with E-state index in [2.05, 4.69) is 14.7 Å². The molecule has 3 nitrogen and oxygen atoms in total. The van der Waals surface area contributed by atoms with Gasteiger partial charge in [-0.2, -0.15) is 4.37 Å². The van der Waals surface area contributed by atoms with Crippen molar-refractivity contribution in [3.05, 3.63) is 11.6 Å². The van der Waals surface area contributed by atoms with Crippen molar-refractivity contribution in [3.63, 3.8) is 0 Å². The van der Waals surface area contributed by atoms with Crippen molar-refractivity contribution in [1.29, 1.82) is 0 Å². The molecule has 0 spiro atoms. The number of rotatable bonds is 1. The van der Waals surface area contributed by atoms with E-state index in [0.717, 1.165) is 12.8 Å². The summed E-state index contributed by atoms with van der Waals surface area (Å²) in [5, 5.41) is 2.15. The van der Waals surface area contributed by atoms with Crippen LogP contribution in [0.1, 0.15) is 25.7 Å². The van der Waals surface area contributed by atoms with E-state index in [1.165, 1.54) is 18.5 Å². The molecule has 76 valence electrons. The number of anilines is 1. The van der Waals surface area contributed by atoms with E-state index in [4.69, 9.17) is 5.73 Å². The maximum Gasteiger partial charge on any atom is 0.0684 e. The third-order valence-electron chi connectivity index (χ3n) is 3.49. The number of aromatic nitrogens is 1. The number of piperidine rings is 1. The van der Waals surface area contributed by atoms with Crippen molar-refractivity contribution in [3.8, 4) is 0 Å². The fourth-order valence-electron chi connectivity index (χ4n) is 2.97. The molecule has 2 fully saturated rings. The number of hydrogen-bond acceptors (Lipinski definition) is 4. The van der Waals surface area contributed by atoms with Gasteiger partial charge in [-0.3, -0.25) is 0 Å². The topological polar surface area (TPSA) is 42.1 Å². The molecule has 4 heteroatoms. The average molecular weight is 209 g/mol. The average Bonchev–Trinajstić information content (AvgIpc) is 2.72. The van der Waals surface area contributed by atoms with Gasteiger partial charge in [-0.15, -0.1) is 0 Å². The molecule has 2 unspecified atom stereocenters. The first kappa shape index (κ1) is 8.68. The Kier molecular flexibility index (Phi) is 1.99. The van der Waals surface area contributed by atoms with Gasteiger partial charge in [0.2, 0.25) is 0 Å². The minimum absolute atomic E-state index is 0.426. The largest absolute Gasteiger partial charge is 0.363 e. The summed E-state index contributed by atoms with van der Waals surface area (Å²) in [6, 6.07) is 1.79. The van der Waals surface area contributed by atoms with Crippen molar-refractivity contribution in [2.45, 2.75) is 43.8 Å². The van der Waals surface area contributed by atoms with E-state index in [9.17, 15) is 0 Å². The molecule has 0 aliphatic carbocycles. The summed E-state index contributed by atoms with van der Waals surface area (Å²) >= 11 is 1.54. The molecule has 2 atom stereocenters. The standard InChI is InChI=1S/C10H15N3S/c11-7-3-8-1-2-9(4-7)13(8)10-5-12-14-6-10/h5-9H,1-4,11H2. The zero-order valence-corrected chi connectivity index (χ0v) is 8.91. The molecule has 0 aromatic carbocycles. The number of fused-ring (bicyclic) bond motifs is 2. The molecule has 1 aromatic rings. The minimum Gasteiger partial charge on any atom is -0.363 e. The molecule has 0 amide bonds. The molecule has 1 aromatic heterocycles. The Bertz CT molecular complexity index is 297. The highest BCUT2D eigenvalue weighted by molar-refractivity contribution is 7.04. The molecule has 2 aliphatic heterocycles. The van der Waals surface area contributed by atoms with Crippen LogP contribution in [0.3, 0.4) is 0 Å². The fourth-order valence-corrected chi connectivity index (χ4v) is 3.49. The second-order valence-electron chi connectivity index (χ2n) is 4.41. The Morgan fingerprint density at radius 1 is 1.36 bits per heavy atom. The van der Waals surface area contributed by atoms with Gasteiger partial charge in [0.1, 0.15) is 0 Å². The third-order valence-corrected chi connectivity index (χ3v) is 4.06. The minimum atomic E-state index is 0.426. The highest BCUT2D eigenvalue weighted by Crippen LogP contribution is 2.38. The van der Waals surface area contributed by atoms with Gasteiger partial charge in [-0.05, 0) is 37.2 Å². The molecule has 3 rings (SSSR count). The lowest BCUT2D eigenvalue weighted by atomic mass is 9.98. The predicted molar refractivity (Wildman–Crippen MR) is 58.6 cm³/mol. The Morgan fingerprint density at radius 2 is 2.07 bits per heavy atom. The first-order valence-corrected chi connectivity index (χ1v) is 6.11. The van der Waals surface area contributed by atoms with Gasteiger partial charge >= 0.3 is 0 Å². The van der Waals surface area contributed by atoms with Gasteiger partial charge in [0, 0.05) is 23.5 Å². The third kappa shape index (κ3) is 1.25. The lowest BCUT2D eigenvalue weighted by molar-refractivity contribution is 0.415. The van der Waals surface area contributed by atoms with Crippen molar-refractivity contribution >= 4 is 17.2 Å². The Balaban J connectivity index is 1.88. The van der Waals surface area contributed by atoms with E-state index in [1.54, 1.807) is 11.5 Å². The van der Waals surface area contributed by atoms with Crippen molar-refractivity contribution in [1.82, 2.24) is 4.37 Å². The second-order valence-corrected chi connectivity index (χ2v) is 5.06. The zero-order chi connectivity index (χ0) is 9.54. The summed E-state index contributed by atoms with van der Waals surface area (Å²) in [5.74, 6) is 0. The molecule has 2 N–H and O–H groups in total. The van der Waals surface area contributed by atoms with Gasteiger partial charge in [0.15, 0.2) is 0 Å². The van der Waals surface area contributed by atoms with Gasteiger partial charge in [-0.1, -0.05) is 0 Å². The quantitative estimate of drug-likeness (QED) is 0.764. The summed E-state index contributed by atoms with van der Waals surface area (Å²) < 4.78 is 4.18. The van der Waals surface area contributed by atoms with Gasteiger partial charge in [0.05, 0.1) is 11.9 Å². The van der Waals surface area contributed by atoms with Crippen LogP contribution in [0.15, 0.2) is 11.6 Å². The van der Waals surface area contributed by atoms with Crippen LogP contribution in [0.5, 0.6) is 0 Å². The van der Waals surface area contributed by atoms with Crippen LogP contribution < -0.4 is 10.6 Å². The lowest BCUT2D eigenvalue weighted by Crippen LogP contribution is -2.47. The highest BCUT2D eigenvalue weighted by atomic mass is 32.1. The van der Waals surface area contributed by atoms with Crippen LogP contribution in [0.4, 0.5) is 5.69 Å². The normalized spacial score (nSPS) is 36.4. The summed E-state index contributed by atoms with van der Waals surface area (Å²) in [7, 11) is 0. The molecule has 3 heterocycles. The summed E-state index contributed by atoms with van der Waals surface area (Å²) in [6.07, 6.45) is 6.94. The number of nitrogens with zero attached hydrogens (tertiary/aromatic N) is 2. The lowest BCUT2D eigenvalue weighted by Gasteiger charge is -2.38. The predicted octanol–water partition coefficient (Wildman–Crippen LogP) is 1.60. The Hall–Kier alpha value is -0.610. The smallest absolute Gasteiger partial charge is 0.0684 e. The molecule has 0 radical (unpaired) electrons. The monoisotopic (exact) mass is 209 g/mol. The fraction of sp³-hybridized carbons (Fsp3) is 0.700. The maximum absolute atomic E-state index is 6.03. The van der Waals surface area contributed by atoms with Crippen LogP contribution in [0.2, 0.25) is 0 Å². The molecule has 2 aliphatic rings. The molecule has 2 bridgehead atoms. The van der Waals surface area contributed by atoms with E-state index in [-0.39, 0.29) is 0 Å². The maximum atomic E-state index is 6.03. The molecule has 2 saturated heterocycles. The van der Waals surface area contributed by atoms with Crippen LogP contribution in [0, 0.1) is 0 Å². The van der Waals surface area contributed by atoms with Crippen LogP contribution in [-0.4, -0.2) is 22.5 Å². The Morgan fingerprint density at radius 3 is 2.64 bits per heavy atom. The van der Waals surface area contributed by atoms with Crippen LogP contribution >= 0.6 is 11.5 Å². The molecular weight excluding hydrogens is 194 g/mol. The van der Waals surface area contributed by atoms with Gasteiger partial charge in [-0.25, -0.2) is 0 Å². The zero-order valence-electron chi connectivity index (χ0n) is 8.10. The Labute approximate surface area is 88.1 Å². The molecular formula is C10H15N3S. The summed E-state index contributed by atoms with van der Waals surface area (Å²) in [4.78, 5) is 2.55. The van der Waals surface area contributed by atoms with Crippen molar-refractivity contribution in [2.75, 3.05) is 4.90 Å². The number of hydrogen-bond donors (Lipinski definition) is 1. The second kappa shape index (κ2) is 3.21. The number of nitrogens with two attached hydrogens (primary N) is 1. The van der Waals surface area contributed by atoms with Crippen LogP contribution in [-0.2, 0) is 0 Å². The van der Waals surface area contributed by atoms with E-state index < -0.39 is 0 Å². The van der Waals surface area contributed by atoms with Crippen molar-refractivity contribution < 1.29 is 0 Å². The van der Waals surface area contributed by atoms with Gasteiger partial charge in [0.25, 0.3) is 0 Å². The van der Waals surface area contributed by atoms with Crippen molar-refractivity contribution in [2.24, 2.45) is 5.73 Å². The molecule has 0 saturated carbocycles. The SMILES string of the molecule is NC1CC2CCC(C1)N2c1cnsc1. The van der Waals surface area contributed by atoms with Crippen LogP contribution in [0.25, 0.3) is 0 Å². The highest BCUT2D eigenvalue weighted by Gasteiger charge is 2.39. The van der Waals surface area contributed by atoms with E-state index >= 15 is 0 Å².